The number of amides is 3. The van der Waals surface area contributed by atoms with Crippen molar-refractivity contribution in [2.45, 2.75) is 13.0 Å². The summed E-state index contributed by atoms with van der Waals surface area (Å²) >= 11 is 6.50. The number of ether oxygens (including phenoxy) is 1. The number of carbonyl (C=O) groups excluding carboxylic acids is 3. The van der Waals surface area contributed by atoms with E-state index in [1.165, 1.54) is 16.7 Å². The van der Waals surface area contributed by atoms with Gasteiger partial charge in [-0.15, -0.1) is 0 Å². The van der Waals surface area contributed by atoms with Crippen molar-refractivity contribution in [1.82, 2.24) is 15.8 Å². The van der Waals surface area contributed by atoms with Crippen LogP contribution >= 0.6 is 24.0 Å². The number of carbonyl (C=O) groups is 3. The van der Waals surface area contributed by atoms with Gasteiger partial charge in [-0.2, -0.15) is 0 Å². The third-order valence-electron chi connectivity index (χ3n) is 5.45. The van der Waals surface area contributed by atoms with E-state index in [1.807, 2.05) is 66.7 Å². The molecule has 2 N–H and O–H groups in total. The Morgan fingerprint density at radius 2 is 1.61 bits per heavy atom. The lowest BCUT2D eigenvalue weighted by Crippen LogP contribution is -2.43. The minimum absolute atomic E-state index is 0.0217. The van der Waals surface area contributed by atoms with Crippen LogP contribution in [0.1, 0.15) is 27.9 Å². The molecule has 1 saturated heterocycles. The number of thioether (sulfide) groups is 1. The Labute approximate surface area is 230 Å². The van der Waals surface area contributed by atoms with Crippen LogP contribution in [0.3, 0.4) is 0 Å². The highest BCUT2D eigenvalue weighted by Gasteiger charge is 2.31. The molecule has 9 heteroatoms. The molecule has 38 heavy (non-hydrogen) atoms. The fourth-order valence-corrected chi connectivity index (χ4v) is 4.70. The van der Waals surface area contributed by atoms with Crippen LogP contribution in [-0.2, 0) is 16.2 Å². The molecule has 192 valence electrons. The van der Waals surface area contributed by atoms with Crippen LogP contribution in [0.5, 0.6) is 5.75 Å². The van der Waals surface area contributed by atoms with Crippen LogP contribution in [0.25, 0.3) is 6.08 Å². The highest BCUT2D eigenvalue weighted by atomic mass is 32.2. The second kappa shape index (κ2) is 13.4. The molecular formula is C29H25N3O4S2. The van der Waals surface area contributed by atoms with Gasteiger partial charge >= 0.3 is 0 Å². The maximum Gasteiger partial charge on any atom is 0.269 e. The minimum atomic E-state index is -0.466. The number of hydrazine groups is 1. The largest absolute Gasteiger partial charge is 0.489 e. The molecule has 0 aliphatic carbocycles. The number of benzene rings is 3. The molecular weight excluding hydrogens is 518 g/mol. The summed E-state index contributed by atoms with van der Waals surface area (Å²) in [4.78, 5) is 39.2. The van der Waals surface area contributed by atoms with Gasteiger partial charge in [0.15, 0.2) is 0 Å². The number of nitrogens with one attached hydrogen (secondary N) is 2. The van der Waals surface area contributed by atoms with Crippen molar-refractivity contribution in [3.63, 3.8) is 0 Å². The van der Waals surface area contributed by atoms with Crippen LogP contribution in [0.15, 0.2) is 102 Å². The monoisotopic (exact) mass is 543 g/mol. The zero-order chi connectivity index (χ0) is 26.7. The topological polar surface area (TPSA) is 87.7 Å². The highest BCUT2D eigenvalue weighted by Crippen LogP contribution is 2.31. The summed E-state index contributed by atoms with van der Waals surface area (Å²) in [5.74, 6) is -0.526. The summed E-state index contributed by atoms with van der Waals surface area (Å²) in [6, 6.07) is 26.1. The molecule has 0 spiro atoms. The van der Waals surface area contributed by atoms with Gasteiger partial charge < -0.3 is 4.74 Å². The van der Waals surface area contributed by atoms with Crippen molar-refractivity contribution >= 4 is 52.1 Å². The molecule has 0 atom stereocenters. The van der Waals surface area contributed by atoms with E-state index in [0.29, 0.717) is 27.1 Å². The highest BCUT2D eigenvalue weighted by molar-refractivity contribution is 8.26. The number of nitrogens with zero attached hydrogens (tertiary/aromatic N) is 1. The first-order valence-electron chi connectivity index (χ1n) is 11.8. The maximum absolute atomic E-state index is 12.7. The first-order valence-corrected chi connectivity index (χ1v) is 13.0. The summed E-state index contributed by atoms with van der Waals surface area (Å²) in [7, 11) is 0. The number of hydrogen-bond donors (Lipinski definition) is 2. The molecule has 3 amide bonds. The van der Waals surface area contributed by atoms with Crippen LogP contribution in [0.2, 0.25) is 0 Å². The lowest BCUT2D eigenvalue weighted by Gasteiger charge is -2.14. The Morgan fingerprint density at radius 3 is 2.32 bits per heavy atom. The predicted molar refractivity (Wildman–Crippen MR) is 153 cm³/mol. The van der Waals surface area contributed by atoms with Gasteiger partial charge in [0.1, 0.15) is 16.7 Å². The van der Waals surface area contributed by atoms with Gasteiger partial charge in [0.2, 0.25) is 5.91 Å². The van der Waals surface area contributed by atoms with E-state index < -0.39 is 11.8 Å². The molecule has 0 aromatic heterocycles. The Morgan fingerprint density at radius 1 is 0.921 bits per heavy atom. The summed E-state index contributed by atoms with van der Waals surface area (Å²) in [6.45, 7) is 0.533. The van der Waals surface area contributed by atoms with E-state index in [-0.39, 0.29) is 18.9 Å². The minimum Gasteiger partial charge on any atom is -0.489 e. The second-order valence-corrected chi connectivity index (χ2v) is 9.85. The van der Waals surface area contributed by atoms with E-state index in [4.69, 9.17) is 17.0 Å². The average molecular weight is 544 g/mol. The molecule has 1 aliphatic heterocycles. The second-order valence-electron chi connectivity index (χ2n) is 8.18. The van der Waals surface area contributed by atoms with Crippen LogP contribution in [0.4, 0.5) is 0 Å². The molecule has 1 fully saturated rings. The summed E-state index contributed by atoms with van der Waals surface area (Å²) in [5, 5.41) is 0. The average Bonchev–Trinajstić information content (AvgIpc) is 3.22. The quantitative estimate of drug-likeness (QED) is 0.227. The standard InChI is InChI=1S/C29H25N3O4S2/c33-26(18-19-32-28(35)25(38-29(32)37)13-7-12-21-8-3-1-4-9-21)30-31-27(34)23-14-16-24(17-15-23)36-20-22-10-5-2-6-11-22/h1-17H,18-20H2,(H,30,33)(H,31,34)/b12-7+,25-13-. The molecule has 7 nitrogen and oxygen atoms in total. The van der Waals surface area contributed by atoms with Crippen molar-refractivity contribution in [3.05, 3.63) is 119 Å². The third kappa shape index (κ3) is 7.64. The molecule has 0 saturated carbocycles. The number of thiocarbonyl (C=S) groups is 1. The van der Waals surface area contributed by atoms with E-state index in [1.54, 1.807) is 36.4 Å². The summed E-state index contributed by atoms with van der Waals surface area (Å²) in [5.41, 5.74) is 7.18. The van der Waals surface area contributed by atoms with Gasteiger partial charge in [-0.3, -0.25) is 30.1 Å². The van der Waals surface area contributed by atoms with Crippen LogP contribution in [0, 0.1) is 0 Å². The lowest BCUT2D eigenvalue weighted by atomic mass is 10.2. The fraction of sp³-hybridized carbons (Fsp3) is 0.103. The normalized spacial score (nSPS) is 14.2. The van der Waals surface area contributed by atoms with Gasteiger partial charge in [0, 0.05) is 18.5 Å². The van der Waals surface area contributed by atoms with Crippen molar-refractivity contribution < 1.29 is 19.1 Å². The van der Waals surface area contributed by atoms with Crippen molar-refractivity contribution in [2.75, 3.05) is 6.54 Å². The van der Waals surface area contributed by atoms with Crippen molar-refractivity contribution in [2.24, 2.45) is 0 Å². The van der Waals surface area contributed by atoms with E-state index in [0.717, 1.165) is 11.1 Å². The lowest BCUT2D eigenvalue weighted by molar-refractivity contribution is -0.124. The zero-order valence-electron chi connectivity index (χ0n) is 20.3. The molecule has 0 bridgehead atoms. The van der Waals surface area contributed by atoms with Gasteiger partial charge in [-0.25, -0.2) is 0 Å². The SMILES string of the molecule is O=C(CCN1C(=O)/C(=C/C=C/c2ccccc2)SC1=S)NNC(=O)c1ccc(OCc2ccccc2)cc1. The van der Waals surface area contributed by atoms with Gasteiger partial charge in [-0.05, 0) is 41.5 Å². The third-order valence-corrected chi connectivity index (χ3v) is 6.85. The van der Waals surface area contributed by atoms with Crippen molar-refractivity contribution in [1.29, 1.82) is 0 Å². The first-order chi connectivity index (χ1) is 18.5. The first kappa shape index (κ1) is 26.8. The van der Waals surface area contributed by atoms with E-state index in [9.17, 15) is 14.4 Å². The molecule has 4 rings (SSSR count). The van der Waals surface area contributed by atoms with Gasteiger partial charge in [-0.1, -0.05) is 96.8 Å². The predicted octanol–water partition coefficient (Wildman–Crippen LogP) is 4.87. The molecule has 0 unspecified atom stereocenters. The summed E-state index contributed by atoms with van der Waals surface area (Å²) in [6.07, 6.45) is 5.39. The van der Waals surface area contributed by atoms with Crippen LogP contribution in [-0.4, -0.2) is 33.5 Å². The smallest absolute Gasteiger partial charge is 0.269 e. The van der Waals surface area contributed by atoms with E-state index in [2.05, 4.69) is 10.9 Å². The summed E-state index contributed by atoms with van der Waals surface area (Å²) < 4.78 is 6.11. The fourth-order valence-electron chi connectivity index (χ4n) is 3.44. The number of rotatable bonds is 9. The zero-order valence-corrected chi connectivity index (χ0v) is 22.0. The molecule has 1 aliphatic rings. The van der Waals surface area contributed by atoms with E-state index >= 15 is 0 Å². The van der Waals surface area contributed by atoms with Gasteiger partial charge in [0.25, 0.3) is 11.8 Å². The molecule has 3 aromatic rings. The maximum atomic E-state index is 12.7. The number of allylic oxidation sites excluding steroid dienone is 2. The van der Waals surface area contributed by atoms with Crippen molar-refractivity contribution in [3.8, 4) is 5.75 Å². The Bertz CT molecular complexity index is 1360. The Balaban J connectivity index is 1.20. The Kier molecular flexibility index (Phi) is 9.44. The van der Waals surface area contributed by atoms with Crippen LogP contribution < -0.4 is 15.6 Å². The molecule has 1 heterocycles. The number of hydrogen-bond acceptors (Lipinski definition) is 6. The molecule has 0 radical (unpaired) electrons. The Hall–Kier alpha value is -4.21. The molecule has 3 aromatic carbocycles. The van der Waals surface area contributed by atoms with Gasteiger partial charge in [0.05, 0.1) is 4.91 Å².